The van der Waals surface area contributed by atoms with E-state index in [-0.39, 0.29) is 37.3 Å². The maximum atomic E-state index is 13.7. The van der Waals surface area contributed by atoms with E-state index in [0.717, 1.165) is 11.1 Å². The number of hydrogen-bond acceptors (Lipinski definition) is 7. The van der Waals surface area contributed by atoms with Crippen molar-refractivity contribution in [3.05, 3.63) is 59.4 Å². The summed E-state index contributed by atoms with van der Waals surface area (Å²) in [4.78, 5) is 43.7. The van der Waals surface area contributed by atoms with Gasteiger partial charge in [-0.05, 0) is 60.2 Å². The maximum Gasteiger partial charge on any atom is 0.334 e. The van der Waals surface area contributed by atoms with Crippen molar-refractivity contribution in [3.8, 4) is 11.5 Å². The second-order valence-corrected chi connectivity index (χ2v) is 10.7. The Morgan fingerprint density at radius 1 is 1.07 bits per heavy atom. The molecule has 2 saturated heterocycles. The Labute approximate surface area is 238 Å². The number of halogens is 1. The van der Waals surface area contributed by atoms with Gasteiger partial charge >= 0.3 is 6.03 Å². The summed E-state index contributed by atoms with van der Waals surface area (Å²) in [7, 11) is 4.84. The third kappa shape index (κ3) is 6.44. The molecule has 0 bridgehead atoms. The van der Waals surface area contributed by atoms with E-state index < -0.39 is 18.2 Å². The zero-order chi connectivity index (χ0) is 28.8. The van der Waals surface area contributed by atoms with Crippen LogP contribution in [0.2, 0.25) is 0 Å². The van der Waals surface area contributed by atoms with E-state index in [4.69, 9.17) is 9.47 Å². The quantitative estimate of drug-likeness (QED) is 0.467. The third-order valence-corrected chi connectivity index (χ3v) is 7.86. The first-order valence-electron chi connectivity index (χ1n) is 13.1. The summed E-state index contributed by atoms with van der Waals surface area (Å²) in [6.07, 6.45) is 2.36. The van der Waals surface area contributed by atoms with E-state index in [9.17, 15) is 18.8 Å². The molecule has 2 aromatic carbocycles. The Kier molecular flexibility index (Phi) is 9.75. The van der Waals surface area contributed by atoms with Crippen LogP contribution in [0.15, 0.2) is 42.5 Å². The van der Waals surface area contributed by atoms with Crippen LogP contribution in [0, 0.1) is 5.82 Å². The van der Waals surface area contributed by atoms with Gasteiger partial charge in [-0.15, -0.1) is 0 Å². The van der Waals surface area contributed by atoms with Gasteiger partial charge in [0.15, 0.2) is 11.5 Å². The lowest BCUT2D eigenvalue weighted by Crippen LogP contribution is -2.76. The van der Waals surface area contributed by atoms with E-state index in [1.807, 2.05) is 24.5 Å². The standard InChI is InChI=1S/C28H36FN5O5S/c1-31-18-26(35)33-22(12-14-40-4)27(36)32(13-11-19-7-10-23(38-2)24(15-19)39-3)17-25(33)34(31)28(37)30-16-20-5-8-21(29)9-6-20/h5-10,15,22,25H,11-14,16-18H2,1-4H3,(H,30,37)/t22-,25-/m0/s1. The van der Waals surface area contributed by atoms with Crippen LogP contribution in [0.5, 0.6) is 11.5 Å². The van der Waals surface area contributed by atoms with E-state index in [0.29, 0.717) is 36.6 Å². The number of amides is 4. The monoisotopic (exact) mass is 573 g/mol. The van der Waals surface area contributed by atoms with Gasteiger partial charge in [0, 0.05) is 20.1 Å². The van der Waals surface area contributed by atoms with Crippen molar-refractivity contribution in [1.29, 1.82) is 0 Å². The smallest absolute Gasteiger partial charge is 0.334 e. The highest BCUT2D eigenvalue weighted by Gasteiger charge is 2.50. The number of benzene rings is 2. The van der Waals surface area contributed by atoms with Crippen LogP contribution in [0.1, 0.15) is 17.5 Å². The summed E-state index contributed by atoms with van der Waals surface area (Å²) < 4.78 is 24.0. The molecule has 0 radical (unpaired) electrons. The molecule has 2 aliphatic heterocycles. The molecule has 2 aromatic rings. The SMILES string of the molecule is COc1ccc(CCN2C[C@H]3N(C(=O)CN(C)N3C(=O)NCc3ccc(F)cc3)[C@@H](CCSC)C2=O)cc1OC. The van der Waals surface area contributed by atoms with Gasteiger partial charge in [0.1, 0.15) is 18.0 Å². The van der Waals surface area contributed by atoms with Crippen molar-refractivity contribution in [2.75, 3.05) is 52.9 Å². The average molecular weight is 574 g/mol. The van der Waals surface area contributed by atoms with Crippen LogP contribution in [0.3, 0.4) is 0 Å². The minimum absolute atomic E-state index is 0.0187. The highest BCUT2D eigenvalue weighted by molar-refractivity contribution is 7.98. The third-order valence-electron chi connectivity index (χ3n) is 7.22. The molecule has 216 valence electrons. The molecule has 2 aliphatic rings. The number of hydrogen-bond donors (Lipinski definition) is 1. The number of carbonyl (C=O) groups excluding carboxylic acids is 3. The highest BCUT2D eigenvalue weighted by atomic mass is 32.2. The minimum Gasteiger partial charge on any atom is -0.493 e. The molecule has 0 aliphatic carbocycles. The molecule has 10 nitrogen and oxygen atoms in total. The molecule has 0 spiro atoms. The summed E-state index contributed by atoms with van der Waals surface area (Å²) in [5.41, 5.74) is 1.72. The number of piperazine rings is 1. The summed E-state index contributed by atoms with van der Waals surface area (Å²) in [5.74, 6) is 1.28. The Morgan fingerprint density at radius 2 is 1.77 bits per heavy atom. The zero-order valence-corrected chi connectivity index (χ0v) is 24.1. The molecule has 0 saturated carbocycles. The van der Waals surface area contributed by atoms with Crippen LogP contribution in [-0.2, 0) is 22.6 Å². The summed E-state index contributed by atoms with van der Waals surface area (Å²) in [5, 5.41) is 6.00. The normalized spacial score (nSPS) is 19.5. The zero-order valence-electron chi connectivity index (χ0n) is 23.3. The first-order valence-corrected chi connectivity index (χ1v) is 14.5. The lowest BCUT2D eigenvalue weighted by Gasteiger charge is -2.54. The van der Waals surface area contributed by atoms with Gasteiger partial charge in [0.25, 0.3) is 0 Å². The number of ether oxygens (including phenoxy) is 2. The first kappa shape index (κ1) is 29.5. The lowest BCUT2D eigenvalue weighted by molar-refractivity contribution is -0.187. The number of thioether (sulfide) groups is 1. The van der Waals surface area contributed by atoms with Crippen LogP contribution < -0.4 is 14.8 Å². The number of hydrazine groups is 1. The predicted octanol–water partition coefficient (Wildman–Crippen LogP) is 2.58. The van der Waals surface area contributed by atoms with Crippen LogP contribution >= 0.6 is 11.8 Å². The van der Waals surface area contributed by atoms with Crippen molar-refractivity contribution < 1.29 is 28.2 Å². The molecular formula is C28H36FN5O5S. The Balaban J connectivity index is 1.55. The summed E-state index contributed by atoms with van der Waals surface area (Å²) in [6.45, 7) is 0.774. The number of carbonyl (C=O) groups is 3. The van der Waals surface area contributed by atoms with Gasteiger partial charge in [0.2, 0.25) is 11.8 Å². The molecule has 2 heterocycles. The fourth-order valence-corrected chi connectivity index (χ4v) is 5.63. The number of urea groups is 1. The Bertz CT molecular complexity index is 1220. The molecule has 2 fully saturated rings. The van der Waals surface area contributed by atoms with Gasteiger partial charge in [0.05, 0.1) is 27.3 Å². The van der Waals surface area contributed by atoms with Gasteiger partial charge in [-0.1, -0.05) is 18.2 Å². The van der Waals surface area contributed by atoms with E-state index in [1.54, 1.807) is 60.0 Å². The van der Waals surface area contributed by atoms with E-state index in [2.05, 4.69) is 5.32 Å². The van der Waals surface area contributed by atoms with E-state index in [1.165, 1.54) is 17.1 Å². The average Bonchev–Trinajstić information content (AvgIpc) is 2.95. The van der Waals surface area contributed by atoms with Crippen molar-refractivity contribution in [2.45, 2.75) is 31.6 Å². The number of rotatable bonds is 10. The number of nitrogens with zero attached hydrogens (tertiary/aromatic N) is 4. The first-order chi connectivity index (χ1) is 19.3. The minimum atomic E-state index is -0.662. The van der Waals surface area contributed by atoms with Crippen molar-refractivity contribution >= 4 is 29.6 Å². The Morgan fingerprint density at radius 3 is 2.45 bits per heavy atom. The highest BCUT2D eigenvalue weighted by Crippen LogP contribution is 2.30. The van der Waals surface area contributed by atoms with Gasteiger partial charge < -0.3 is 24.6 Å². The summed E-state index contributed by atoms with van der Waals surface area (Å²) >= 11 is 1.61. The van der Waals surface area contributed by atoms with Gasteiger partial charge in [-0.25, -0.2) is 19.2 Å². The molecule has 2 atom stereocenters. The number of methoxy groups -OCH3 is 2. The second-order valence-electron chi connectivity index (χ2n) is 9.75. The van der Waals surface area contributed by atoms with Crippen molar-refractivity contribution in [3.63, 3.8) is 0 Å². The summed E-state index contributed by atoms with van der Waals surface area (Å²) in [6, 6.07) is 10.5. The molecule has 0 unspecified atom stereocenters. The second kappa shape index (κ2) is 13.2. The molecule has 1 N–H and O–H groups in total. The maximum absolute atomic E-state index is 13.7. The Hall–Kier alpha value is -3.51. The van der Waals surface area contributed by atoms with Crippen LogP contribution in [0.4, 0.5) is 9.18 Å². The van der Waals surface area contributed by atoms with Gasteiger partial charge in [-0.2, -0.15) is 11.8 Å². The van der Waals surface area contributed by atoms with Crippen molar-refractivity contribution in [1.82, 2.24) is 25.1 Å². The largest absolute Gasteiger partial charge is 0.493 e. The topological polar surface area (TPSA) is 94.7 Å². The molecule has 0 aromatic heterocycles. The molecular weight excluding hydrogens is 537 g/mol. The molecule has 40 heavy (non-hydrogen) atoms. The van der Waals surface area contributed by atoms with Crippen molar-refractivity contribution in [2.24, 2.45) is 0 Å². The van der Waals surface area contributed by atoms with Crippen LogP contribution in [0.25, 0.3) is 0 Å². The fraction of sp³-hybridized carbons (Fsp3) is 0.464. The fourth-order valence-electron chi connectivity index (χ4n) is 5.17. The molecule has 4 amide bonds. The van der Waals surface area contributed by atoms with E-state index >= 15 is 0 Å². The van der Waals surface area contributed by atoms with Crippen LogP contribution in [-0.4, -0.2) is 103 Å². The number of fused-ring (bicyclic) bond motifs is 1. The molecule has 4 rings (SSSR count). The van der Waals surface area contributed by atoms with Gasteiger partial charge in [-0.3, -0.25) is 9.59 Å². The lowest BCUT2D eigenvalue weighted by atomic mass is 10.0. The number of likely N-dealkylation sites (N-methyl/N-ethyl adjacent to an activating group) is 1. The predicted molar refractivity (Wildman–Crippen MR) is 150 cm³/mol. The molecule has 12 heteroatoms. The number of nitrogens with one attached hydrogen (secondary N) is 1.